The van der Waals surface area contributed by atoms with E-state index in [1.807, 2.05) is 43.0 Å². The molecular formula is C28H40N4O4. The molecule has 8 heteroatoms. The molecule has 0 N–H and O–H groups in total. The van der Waals surface area contributed by atoms with Crippen LogP contribution in [0.15, 0.2) is 30.3 Å². The van der Waals surface area contributed by atoms with Gasteiger partial charge in [-0.05, 0) is 63.1 Å². The molecule has 0 saturated carbocycles. The second kappa shape index (κ2) is 11.5. The number of rotatable bonds is 4. The van der Waals surface area contributed by atoms with Gasteiger partial charge in [0.2, 0.25) is 0 Å². The highest BCUT2D eigenvalue weighted by Gasteiger charge is 2.46. The number of hydrogen-bond donors (Lipinski definition) is 0. The van der Waals surface area contributed by atoms with Crippen LogP contribution in [0.1, 0.15) is 74.6 Å². The lowest BCUT2D eigenvalue weighted by Crippen LogP contribution is -2.62. The number of amides is 2. The van der Waals surface area contributed by atoms with Crippen LogP contribution in [0, 0.1) is 0 Å². The van der Waals surface area contributed by atoms with Gasteiger partial charge in [0.05, 0.1) is 25.4 Å². The lowest BCUT2D eigenvalue weighted by atomic mass is 9.90. The molecule has 2 aromatic rings. The zero-order chi connectivity index (χ0) is 25.7. The molecule has 196 valence electrons. The van der Waals surface area contributed by atoms with Crippen molar-refractivity contribution in [3.05, 3.63) is 47.3 Å². The number of aromatic nitrogens is 2. The molecule has 0 radical (unpaired) electrons. The summed E-state index contributed by atoms with van der Waals surface area (Å²) in [5, 5.41) is 4.63. The van der Waals surface area contributed by atoms with Crippen LogP contribution in [0.25, 0.3) is 0 Å². The molecular weight excluding hydrogens is 456 g/mol. The Morgan fingerprint density at radius 2 is 1.92 bits per heavy atom. The van der Waals surface area contributed by atoms with Crippen LogP contribution >= 0.6 is 0 Å². The van der Waals surface area contributed by atoms with Crippen molar-refractivity contribution in [3.63, 3.8) is 0 Å². The van der Waals surface area contributed by atoms with Crippen molar-refractivity contribution >= 4 is 11.8 Å². The van der Waals surface area contributed by atoms with E-state index in [1.54, 1.807) is 9.58 Å². The van der Waals surface area contributed by atoms with E-state index in [-0.39, 0.29) is 24.3 Å². The van der Waals surface area contributed by atoms with Crippen LogP contribution in [0.5, 0.6) is 5.75 Å². The Labute approximate surface area is 214 Å². The van der Waals surface area contributed by atoms with Gasteiger partial charge < -0.3 is 19.3 Å². The van der Waals surface area contributed by atoms with Crippen LogP contribution in [-0.4, -0.2) is 76.4 Å². The van der Waals surface area contributed by atoms with E-state index in [1.165, 1.54) is 5.56 Å². The smallest absolute Gasteiger partial charge is 0.272 e. The molecule has 1 saturated heterocycles. The van der Waals surface area contributed by atoms with Gasteiger partial charge >= 0.3 is 0 Å². The molecule has 0 aliphatic carbocycles. The van der Waals surface area contributed by atoms with Crippen molar-refractivity contribution in [2.45, 2.75) is 71.4 Å². The van der Waals surface area contributed by atoms with Crippen LogP contribution in [-0.2, 0) is 22.5 Å². The zero-order valence-corrected chi connectivity index (χ0v) is 22.2. The number of benzene rings is 1. The van der Waals surface area contributed by atoms with Gasteiger partial charge in [0.25, 0.3) is 11.8 Å². The minimum Gasteiger partial charge on any atom is -0.491 e. The number of fused-ring (bicyclic) bond motifs is 1. The highest BCUT2D eigenvalue weighted by molar-refractivity contribution is 5.94. The van der Waals surface area contributed by atoms with Gasteiger partial charge in [0.15, 0.2) is 5.60 Å². The fourth-order valence-electron chi connectivity index (χ4n) is 5.17. The summed E-state index contributed by atoms with van der Waals surface area (Å²) in [6.07, 6.45) is 3.21. The van der Waals surface area contributed by atoms with Gasteiger partial charge in [-0.2, -0.15) is 5.10 Å². The van der Waals surface area contributed by atoms with Gasteiger partial charge in [-0.3, -0.25) is 14.3 Å². The third kappa shape index (κ3) is 5.43. The lowest BCUT2D eigenvalue weighted by molar-refractivity contribution is -0.170. The van der Waals surface area contributed by atoms with E-state index in [4.69, 9.17) is 9.47 Å². The molecule has 1 aromatic carbocycles. The molecule has 8 nitrogen and oxygen atoms in total. The summed E-state index contributed by atoms with van der Waals surface area (Å²) in [5.41, 5.74) is 1.64. The Balaban J connectivity index is 1.58. The molecule has 1 fully saturated rings. The predicted molar refractivity (Wildman–Crippen MR) is 138 cm³/mol. The second-order valence-electron chi connectivity index (χ2n) is 10.0. The summed E-state index contributed by atoms with van der Waals surface area (Å²) >= 11 is 0. The van der Waals surface area contributed by atoms with E-state index in [2.05, 4.69) is 25.0 Å². The van der Waals surface area contributed by atoms with Crippen molar-refractivity contribution in [2.75, 3.05) is 39.4 Å². The monoisotopic (exact) mass is 496 g/mol. The maximum absolute atomic E-state index is 13.9. The standard InChI is InChI=1S/C28H40N4O4/c1-5-30-15-17-35-25-13-8-7-11-22(25)12-9-10-14-28(27(30)34)20-31(16-18-36-28)26(33)24-19-23(21(3)4)29-32(24)6-2/h7-8,11,13,19,21H,5-6,9-10,12,14-18,20H2,1-4H3. The Kier molecular flexibility index (Phi) is 8.34. The van der Waals surface area contributed by atoms with E-state index >= 15 is 0 Å². The summed E-state index contributed by atoms with van der Waals surface area (Å²) in [4.78, 5) is 31.2. The first-order valence-corrected chi connectivity index (χ1v) is 13.4. The van der Waals surface area contributed by atoms with Crippen LogP contribution in [0.4, 0.5) is 0 Å². The van der Waals surface area contributed by atoms with Crippen molar-refractivity contribution < 1.29 is 19.1 Å². The normalized spacial score (nSPS) is 21.6. The van der Waals surface area contributed by atoms with Gasteiger partial charge in [0, 0.05) is 19.6 Å². The summed E-state index contributed by atoms with van der Waals surface area (Å²) in [5.74, 6) is 0.999. The minimum atomic E-state index is -1.04. The maximum atomic E-state index is 13.9. The number of aryl methyl sites for hydroxylation is 2. The summed E-state index contributed by atoms with van der Waals surface area (Å²) in [7, 11) is 0. The first-order chi connectivity index (χ1) is 17.4. The Bertz CT molecular complexity index is 1070. The molecule has 2 aliphatic rings. The first kappa shape index (κ1) is 26.2. The lowest BCUT2D eigenvalue weighted by Gasteiger charge is -2.44. The largest absolute Gasteiger partial charge is 0.491 e. The number of ether oxygens (including phenoxy) is 2. The molecule has 1 atom stereocenters. The summed E-state index contributed by atoms with van der Waals surface area (Å²) < 4.78 is 14.1. The van der Waals surface area contributed by atoms with Crippen LogP contribution < -0.4 is 4.74 Å². The van der Waals surface area contributed by atoms with Crippen LogP contribution in [0.3, 0.4) is 0 Å². The minimum absolute atomic E-state index is 0.0492. The molecule has 3 heterocycles. The quantitative estimate of drug-likeness (QED) is 0.642. The Morgan fingerprint density at radius 3 is 2.67 bits per heavy atom. The van der Waals surface area contributed by atoms with Crippen molar-refractivity contribution in [1.29, 1.82) is 0 Å². The Morgan fingerprint density at radius 1 is 1.11 bits per heavy atom. The second-order valence-corrected chi connectivity index (χ2v) is 10.0. The number of carbonyl (C=O) groups is 2. The van der Waals surface area contributed by atoms with Crippen molar-refractivity contribution in [1.82, 2.24) is 19.6 Å². The number of carbonyl (C=O) groups excluding carboxylic acids is 2. The molecule has 2 amide bonds. The van der Waals surface area contributed by atoms with Crippen LogP contribution in [0.2, 0.25) is 0 Å². The number of hydrogen-bond acceptors (Lipinski definition) is 5. The number of nitrogens with zero attached hydrogens (tertiary/aromatic N) is 4. The molecule has 4 rings (SSSR count). The van der Waals surface area contributed by atoms with E-state index in [0.717, 1.165) is 30.7 Å². The zero-order valence-electron chi connectivity index (χ0n) is 22.2. The van der Waals surface area contributed by atoms with Gasteiger partial charge in [-0.15, -0.1) is 0 Å². The summed E-state index contributed by atoms with van der Waals surface area (Å²) in [6, 6.07) is 10.0. The van der Waals surface area contributed by atoms with Gasteiger partial charge in [-0.25, -0.2) is 0 Å². The Hall–Kier alpha value is -2.87. The van der Waals surface area contributed by atoms with Gasteiger partial charge in [0.1, 0.15) is 18.1 Å². The highest BCUT2D eigenvalue weighted by Crippen LogP contribution is 2.30. The number of para-hydroxylation sites is 1. The topological polar surface area (TPSA) is 76.9 Å². The average Bonchev–Trinajstić information content (AvgIpc) is 3.33. The van der Waals surface area contributed by atoms with E-state index in [0.29, 0.717) is 51.5 Å². The fourth-order valence-corrected chi connectivity index (χ4v) is 5.17. The van der Waals surface area contributed by atoms with E-state index in [9.17, 15) is 9.59 Å². The molecule has 36 heavy (non-hydrogen) atoms. The fraction of sp³-hybridized carbons (Fsp3) is 0.607. The van der Waals surface area contributed by atoms with Crippen molar-refractivity contribution in [2.24, 2.45) is 0 Å². The van der Waals surface area contributed by atoms with E-state index < -0.39 is 5.60 Å². The third-order valence-corrected chi connectivity index (χ3v) is 7.31. The molecule has 0 bridgehead atoms. The molecule has 1 aromatic heterocycles. The van der Waals surface area contributed by atoms with Crippen molar-refractivity contribution in [3.8, 4) is 5.75 Å². The molecule has 1 unspecified atom stereocenters. The summed E-state index contributed by atoms with van der Waals surface area (Å²) in [6.45, 7) is 11.2. The first-order valence-electron chi connectivity index (χ1n) is 13.4. The number of morpholine rings is 1. The maximum Gasteiger partial charge on any atom is 0.272 e. The third-order valence-electron chi connectivity index (χ3n) is 7.31. The average molecular weight is 497 g/mol. The number of likely N-dealkylation sites (N-methyl/N-ethyl adjacent to an activating group) is 1. The molecule has 2 aliphatic heterocycles. The SMILES string of the molecule is CCN1CCOc2ccccc2CCCCC2(CN(C(=O)c3cc(C(C)C)nn3CC)CCO2)C1=O. The molecule has 1 spiro atoms. The van der Waals surface area contributed by atoms with Gasteiger partial charge in [-0.1, -0.05) is 32.0 Å². The highest BCUT2D eigenvalue weighted by atomic mass is 16.5. The predicted octanol–water partition coefficient (Wildman–Crippen LogP) is 3.89.